The minimum Gasteiger partial charge on any atom is -0.399 e. The SMILES string of the molecule is CO/N=C(/c1ccc2ccccc2n1)C1CCN(C(=O)C2CCN(Cc3ccnc(N)c3)CC2)CC1. The van der Waals surface area contributed by atoms with Crippen molar-refractivity contribution in [1.82, 2.24) is 19.8 Å². The fourth-order valence-corrected chi connectivity index (χ4v) is 5.46. The first-order valence-corrected chi connectivity index (χ1v) is 12.8. The lowest BCUT2D eigenvalue weighted by Crippen LogP contribution is -2.46. The molecule has 0 aliphatic carbocycles. The monoisotopic (exact) mass is 486 g/mol. The van der Waals surface area contributed by atoms with E-state index in [4.69, 9.17) is 15.6 Å². The van der Waals surface area contributed by atoms with Gasteiger partial charge in [-0.2, -0.15) is 0 Å². The maximum absolute atomic E-state index is 13.3. The predicted octanol–water partition coefficient (Wildman–Crippen LogP) is 3.71. The van der Waals surface area contributed by atoms with E-state index in [1.54, 1.807) is 13.3 Å². The van der Waals surface area contributed by atoms with Crippen LogP contribution in [0.3, 0.4) is 0 Å². The van der Waals surface area contributed by atoms with Crippen molar-refractivity contribution in [3.63, 3.8) is 0 Å². The molecular weight excluding hydrogens is 452 g/mol. The Morgan fingerprint density at radius 2 is 1.78 bits per heavy atom. The summed E-state index contributed by atoms with van der Waals surface area (Å²) in [6.07, 6.45) is 5.28. The fraction of sp³-hybridized carbons (Fsp3) is 0.429. The Labute approximate surface area is 212 Å². The summed E-state index contributed by atoms with van der Waals surface area (Å²) >= 11 is 0. The first-order chi connectivity index (χ1) is 17.6. The largest absolute Gasteiger partial charge is 0.399 e. The Hall–Kier alpha value is -3.52. The Balaban J connectivity index is 1.15. The van der Waals surface area contributed by atoms with Crippen LogP contribution in [0.5, 0.6) is 0 Å². The summed E-state index contributed by atoms with van der Waals surface area (Å²) in [6.45, 7) is 4.19. The van der Waals surface area contributed by atoms with Gasteiger partial charge in [0.15, 0.2) is 0 Å². The Kier molecular flexibility index (Phi) is 7.41. The molecule has 2 aromatic heterocycles. The summed E-state index contributed by atoms with van der Waals surface area (Å²) in [5.74, 6) is 1.18. The van der Waals surface area contributed by atoms with Crippen LogP contribution in [0, 0.1) is 11.8 Å². The lowest BCUT2D eigenvalue weighted by Gasteiger charge is -2.37. The van der Waals surface area contributed by atoms with Gasteiger partial charge in [0.1, 0.15) is 18.6 Å². The van der Waals surface area contributed by atoms with Crippen LogP contribution in [-0.4, -0.2) is 64.7 Å². The molecule has 3 aromatic rings. The van der Waals surface area contributed by atoms with E-state index in [9.17, 15) is 4.79 Å². The number of hydrogen-bond donors (Lipinski definition) is 1. The lowest BCUT2D eigenvalue weighted by atomic mass is 9.88. The molecule has 0 radical (unpaired) electrons. The zero-order valence-electron chi connectivity index (χ0n) is 20.8. The van der Waals surface area contributed by atoms with Crippen LogP contribution in [0.2, 0.25) is 0 Å². The number of hydrogen-bond acceptors (Lipinski definition) is 7. The fourth-order valence-electron chi connectivity index (χ4n) is 5.46. The lowest BCUT2D eigenvalue weighted by molar-refractivity contribution is -0.138. The van der Waals surface area contributed by atoms with Crippen molar-refractivity contribution in [2.75, 3.05) is 39.0 Å². The molecule has 0 spiro atoms. The van der Waals surface area contributed by atoms with Gasteiger partial charge in [0.2, 0.25) is 5.91 Å². The van der Waals surface area contributed by atoms with Crippen molar-refractivity contribution in [3.05, 3.63) is 66.0 Å². The van der Waals surface area contributed by atoms with Gasteiger partial charge in [-0.3, -0.25) is 9.69 Å². The van der Waals surface area contributed by atoms with E-state index < -0.39 is 0 Å². The maximum atomic E-state index is 13.3. The topological polar surface area (TPSA) is 96.9 Å². The number of nitrogens with zero attached hydrogens (tertiary/aromatic N) is 5. The highest BCUT2D eigenvalue weighted by Crippen LogP contribution is 2.27. The Morgan fingerprint density at radius 3 is 2.53 bits per heavy atom. The average molecular weight is 487 g/mol. The molecule has 1 amide bonds. The highest BCUT2D eigenvalue weighted by molar-refractivity contribution is 6.02. The third-order valence-corrected chi connectivity index (χ3v) is 7.43. The number of amides is 1. The molecule has 2 aliphatic rings. The number of piperidine rings is 2. The molecule has 4 heterocycles. The molecule has 188 valence electrons. The predicted molar refractivity (Wildman–Crippen MR) is 141 cm³/mol. The van der Waals surface area contributed by atoms with Gasteiger partial charge in [0.05, 0.1) is 11.2 Å². The molecule has 8 heteroatoms. The summed E-state index contributed by atoms with van der Waals surface area (Å²) in [7, 11) is 1.58. The molecule has 0 atom stereocenters. The summed E-state index contributed by atoms with van der Waals surface area (Å²) in [6, 6.07) is 16.1. The van der Waals surface area contributed by atoms with Crippen LogP contribution in [0.1, 0.15) is 36.9 Å². The molecular formula is C28H34N6O2. The standard InChI is InChI=1S/C28H34N6O2/c1-36-32-27(25-7-6-21-4-2-3-5-24(21)31-25)22-11-16-34(17-12-22)28(35)23-9-14-33(15-10-23)19-20-8-13-30-26(29)18-20/h2-8,13,18,22-23H,9-12,14-17,19H2,1H3,(H2,29,30)/b32-27+. The van der Waals surface area contributed by atoms with Gasteiger partial charge in [-0.05, 0) is 68.6 Å². The molecule has 36 heavy (non-hydrogen) atoms. The molecule has 8 nitrogen and oxygen atoms in total. The number of para-hydroxylation sites is 1. The minimum atomic E-state index is 0.106. The van der Waals surface area contributed by atoms with Crippen LogP contribution in [0.15, 0.2) is 59.9 Å². The minimum absolute atomic E-state index is 0.106. The van der Waals surface area contributed by atoms with Gasteiger partial charge in [-0.25, -0.2) is 9.97 Å². The first kappa shape index (κ1) is 24.2. The van der Waals surface area contributed by atoms with Crippen molar-refractivity contribution in [3.8, 4) is 0 Å². The third kappa shape index (κ3) is 5.49. The van der Waals surface area contributed by atoms with Crippen LogP contribution in [0.4, 0.5) is 5.82 Å². The number of oxime groups is 1. The van der Waals surface area contributed by atoms with Crippen molar-refractivity contribution in [2.24, 2.45) is 17.0 Å². The van der Waals surface area contributed by atoms with Gasteiger partial charge >= 0.3 is 0 Å². The second kappa shape index (κ2) is 11.0. The molecule has 2 saturated heterocycles. The van der Waals surface area contributed by atoms with Crippen molar-refractivity contribution in [1.29, 1.82) is 0 Å². The molecule has 1 aromatic carbocycles. The normalized spacial score (nSPS) is 18.5. The number of fused-ring (bicyclic) bond motifs is 1. The number of likely N-dealkylation sites (tertiary alicyclic amines) is 2. The summed E-state index contributed by atoms with van der Waals surface area (Å²) < 4.78 is 0. The highest BCUT2D eigenvalue weighted by Gasteiger charge is 2.33. The van der Waals surface area contributed by atoms with E-state index in [0.717, 1.165) is 80.7 Å². The first-order valence-electron chi connectivity index (χ1n) is 12.8. The number of aromatic nitrogens is 2. The average Bonchev–Trinajstić information content (AvgIpc) is 2.92. The molecule has 0 unspecified atom stereocenters. The van der Waals surface area contributed by atoms with Gasteiger partial charge < -0.3 is 15.5 Å². The number of nitrogen functional groups attached to an aromatic ring is 1. The van der Waals surface area contributed by atoms with Gasteiger partial charge in [0.25, 0.3) is 0 Å². The van der Waals surface area contributed by atoms with Crippen LogP contribution >= 0.6 is 0 Å². The van der Waals surface area contributed by atoms with Crippen LogP contribution in [0.25, 0.3) is 10.9 Å². The van der Waals surface area contributed by atoms with Crippen LogP contribution in [-0.2, 0) is 16.2 Å². The number of carbonyl (C=O) groups excluding carboxylic acids is 1. The van der Waals surface area contributed by atoms with E-state index >= 15 is 0 Å². The zero-order chi connectivity index (χ0) is 24.9. The zero-order valence-corrected chi connectivity index (χ0v) is 20.8. The van der Waals surface area contributed by atoms with Crippen molar-refractivity contribution >= 4 is 28.3 Å². The van der Waals surface area contributed by atoms with Crippen molar-refractivity contribution in [2.45, 2.75) is 32.2 Å². The molecule has 5 rings (SSSR count). The van der Waals surface area contributed by atoms with E-state index in [-0.39, 0.29) is 11.8 Å². The molecule has 2 N–H and O–H groups in total. The third-order valence-electron chi connectivity index (χ3n) is 7.43. The summed E-state index contributed by atoms with van der Waals surface area (Å²) in [5, 5.41) is 5.47. The second-order valence-electron chi connectivity index (χ2n) is 9.79. The van der Waals surface area contributed by atoms with Crippen LogP contribution < -0.4 is 5.73 Å². The van der Waals surface area contributed by atoms with E-state index in [0.29, 0.717) is 11.7 Å². The van der Waals surface area contributed by atoms with E-state index in [2.05, 4.69) is 32.1 Å². The van der Waals surface area contributed by atoms with Gasteiger partial charge in [-0.1, -0.05) is 29.4 Å². The quantitative estimate of drug-likeness (QED) is 0.421. The Bertz CT molecular complexity index is 1230. The number of benzene rings is 1. The molecule has 0 bridgehead atoms. The molecule has 2 aliphatic heterocycles. The van der Waals surface area contributed by atoms with E-state index in [1.807, 2.05) is 36.4 Å². The van der Waals surface area contributed by atoms with E-state index in [1.165, 1.54) is 5.56 Å². The summed E-state index contributed by atoms with van der Waals surface area (Å²) in [5.41, 5.74) is 9.66. The number of rotatable bonds is 6. The highest BCUT2D eigenvalue weighted by atomic mass is 16.6. The Morgan fingerprint density at radius 1 is 1.03 bits per heavy atom. The smallest absolute Gasteiger partial charge is 0.225 e. The second-order valence-corrected chi connectivity index (χ2v) is 9.79. The molecule has 2 fully saturated rings. The number of anilines is 1. The summed E-state index contributed by atoms with van der Waals surface area (Å²) in [4.78, 5) is 31.9. The number of nitrogens with two attached hydrogens (primary N) is 1. The van der Waals surface area contributed by atoms with Gasteiger partial charge in [-0.15, -0.1) is 0 Å². The number of carbonyl (C=O) groups is 1. The van der Waals surface area contributed by atoms with Crippen molar-refractivity contribution < 1.29 is 9.63 Å². The van der Waals surface area contributed by atoms with Gasteiger partial charge in [0, 0.05) is 43.1 Å². The number of pyridine rings is 2. The molecule has 0 saturated carbocycles. The maximum Gasteiger partial charge on any atom is 0.225 e.